The van der Waals surface area contributed by atoms with Crippen LogP contribution in [0.1, 0.15) is 12.5 Å². The van der Waals surface area contributed by atoms with Crippen LogP contribution in [0, 0.1) is 0 Å². The van der Waals surface area contributed by atoms with Crippen LogP contribution in [0.25, 0.3) is 0 Å². The fourth-order valence-corrected chi connectivity index (χ4v) is 1.90. The van der Waals surface area contributed by atoms with Crippen LogP contribution < -0.4 is 15.4 Å². The Balaban J connectivity index is 1.94. The minimum absolute atomic E-state index is 0.348. The molecule has 0 bridgehead atoms. The van der Waals surface area contributed by atoms with E-state index in [0.717, 1.165) is 24.1 Å². The average Bonchev–Trinajstić information content (AvgIpc) is 2.48. The predicted molar refractivity (Wildman–Crippen MR) is 81.6 cm³/mol. The molecule has 23 heavy (non-hydrogen) atoms. The summed E-state index contributed by atoms with van der Waals surface area (Å²) in [5.41, 5.74) is 2.07. The highest BCUT2D eigenvalue weighted by atomic mass is 19.4. The molecule has 2 aromatic rings. The van der Waals surface area contributed by atoms with Gasteiger partial charge in [-0.15, -0.1) is 13.2 Å². The molecule has 7 heteroatoms. The van der Waals surface area contributed by atoms with Crippen molar-refractivity contribution in [1.82, 2.24) is 0 Å². The van der Waals surface area contributed by atoms with Crippen LogP contribution in [0.5, 0.6) is 5.75 Å². The van der Waals surface area contributed by atoms with Gasteiger partial charge in [-0.3, -0.25) is 0 Å². The van der Waals surface area contributed by atoms with Crippen LogP contribution in [0.2, 0.25) is 0 Å². The zero-order valence-electron chi connectivity index (χ0n) is 12.3. The lowest BCUT2D eigenvalue weighted by molar-refractivity contribution is -0.274. The van der Waals surface area contributed by atoms with Crippen molar-refractivity contribution < 1.29 is 22.7 Å². The lowest BCUT2D eigenvalue weighted by atomic mass is 10.1. The lowest BCUT2D eigenvalue weighted by Crippen LogP contribution is -2.19. The Kier molecular flexibility index (Phi) is 5.10. The van der Waals surface area contributed by atoms with Gasteiger partial charge in [0.05, 0.1) is 0 Å². The number of anilines is 2. The smallest absolute Gasteiger partial charge is 0.406 e. The largest absolute Gasteiger partial charge is 0.573 e. The maximum absolute atomic E-state index is 12.1. The van der Waals surface area contributed by atoms with Crippen molar-refractivity contribution in [3.8, 4) is 5.75 Å². The summed E-state index contributed by atoms with van der Waals surface area (Å²) < 4.78 is 39.9. The molecule has 0 spiro atoms. The molecule has 2 amide bonds. The van der Waals surface area contributed by atoms with E-state index in [1.807, 2.05) is 25.1 Å². The van der Waals surface area contributed by atoms with Gasteiger partial charge in [-0.25, -0.2) is 4.79 Å². The number of benzene rings is 2. The summed E-state index contributed by atoms with van der Waals surface area (Å²) in [5.74, 6) is -0.348. The van der Waals surface area contributed by atoms with Crippen molar-refractivity contribution >= 4 is 17.4 Å². The highest BCUT2D eigenvalue weighted by molar-refractivity contribution is 5.99. The topological polar surface area (TPSA) is 50.4 Å². The van der Waals surface area contributed by atoms with E-state index in [2.05, 4.69) is 15.4 Å². The van der Waals surface area contributed by atoms with Crippen molar-refractivity contribution in [2.24, 2.45) is 0 Å². The number of ether oxygens (including phenoxy) is 1. The minimum Gasteiger partial charge on any atom is -0.406 e. The Morgan fingerprint density at radius 2 is 1.70 bits per heavy atom. The van der Waals surface area contributed by atoms with E-state index in [1.54, 1.807) is 6.07 Å². The van der Waals surface area contributed by atoms with Gasteiger partial charge < -0.3 is 15.4 Å². The maximum atomic E-state index is 12.1. The van der Waals surface area contributed by atoms with Gasteiger partial charge >= 0.3 is 12.4 Å². The summed E-state index contributed by atoms with van der Waals surface area (Å²) in [4.78, 5) is 11.9. The molecule has 0 aromatic heterocycles. The van der Waals surface area contributed by atoms with Crippen LogP contribution in [-0.2, 0) is 6.42 Å². The number of rotatable bonds is 4. The van der Waals surface area contributed by atoms with E-state index in [-0.39, 0.29) is 5.75 Å². The average molecular weight is 324 g/mol. The van der Waals surface area contributed by atoms with Gasteiger partial charge in [-0.1, -0.05) is 19.1 Å². The van der Waals surface area contributed by atoms with E-state index in [4.69, 9.17) is 0 Å². The second kappa shape index (κ2) is 7.04. The van der Waals surface area contributed by atoms with E-state index in [0.29, 0.717) is 11.4 Å². The minimum atomic E-state index is -4.74. The quantitative estimate of drug-likeness (QED) is 0.849. The molecule has 0 radical (unpaired) electrons. The van der Waals surface area contributed by atoms with Crippen LogP contribution in [0.15, 0.2) is 48.5 Å². The molecule has 0 saturated heterocycles. The first kappa shape index (κ1) is 16.7. The zero-order valence-corrected chi connectivity index (χ0v) is 12.3. The van der Waals surface area contributed by atoms with Crippen molar-refractivity contribution in [3.63, 3.8) is 0 Å². The zero-order chi connectivity index (χ0) is 16.9. The molecule has 0 aliphatic heterocycles. The van der Waals surface area contributed by atoms with Crippen LogP contribution in [0.3, 0.4) is 0 Å². The fraction of sp³-hybridized carbons (Fsp3) is 0.188. The number of amides is 2. The highest BCUT2D eigenvalue weighted by Crippen LogP contribution is 2.24. The molecule has 0 unspecified atom stereocenters. The number of urea groups is 1. The number of alkyl halides is 3. The first-order valence-electron chi connectivity index (χ1n) is 6.88. The third-order valence-corrected chi connectivity index (χ3v) is 2.94. The summed E-state index contributed by atoms with van der Waals surface area (Å²) in [6.07, 6.45) is -3.89. The second-order valence-electron chi connectivity index (χ2n) is 4.71. The molecule has 2 aromatic carbocycles. The van der Waals surface area contributed by atoms with E-state index < -0.39 is 12.4 Å². The molecule has 0 heterocycles. The van der Waals surface area contributed by atoms with E-state index in [1.165, 1.54) is 12.1 Å². The maximum Gasteiger partial charge on any atom is 0.573 e. The van der Waals surface area contributed by atoms with E-state index >= 15 is 0 Å². The molecular weight excluding hydrogens is 309 g/mol. The number of nitrogens with one attached hydrogen (secondary N) is 2. The van der Waals surface area contributed by atoms with Crippen molar-refractivity contribution in [3.05, 3.63) is 54.1 Å². The molecule has 2 rings (SSSR count). The standard InChI is InChI=1S/C16H15F3N2O2/c1-2-11-4-3-5-13(10-11)21-15(22)20-12-6-8-14(9-7-12)23-16(17,18)19/h3-10H,2H2,1H3,(H2,20,21,22). The molecule has 0 fully saturated rings. The molecule has 4 nitrogen and oxygen atoms in total. The van der Waals surface area contributed by atoms with Gasteiger partial charge in [0.2, 0.25) is 0 Å². The van der Waals surface area contributed by atoms with Crippen LogP contribution in [0.4, 0.5) is 29.3 Å². The monoisotopic (exact) mass is 324 g/mol. The number of hydrogen-bond donors (Lipinski definition) is 2. The fourth-order valence-electron chi connectivity index (χ4n) is 1.90. The first-order chi connectivity index (χ1) is 10.9. The molecule has 0 aliphatic rings. The molecule has 0 aliphatic carbocycles. The number of carbonyl (C=O) groups is 1. The second-order valence-corrected chi connectivity index (χ2v) is 4.71. The lowest BCUT2D eigenvalue weighted by Gasteiger charge is -2.11. The van der Waals surface area contributed by atoms with Crippen LogP contribution in [-0.4, -0.2) is 12.4 Å². The van der Waals surface area contributed by atoms with E-state index in [9.17, 15) is 18.0 Å². The molecule has 122 valence electrons. The van der Waals surface area contributed by atoms with Gasteiger partial charge in [0.1, 0.15) is 5.75 Å². The van der Waals surface area contributed by atoms with Crippen molar-refractivity contribution in [2.75, 3.05) is 10.6 Å². The highest BCUT2D eigenvalue weighted by Gasteiger charge is 2.30. The third kappa shape index (κ3) is 5.54. The molecular formula is C16H15F3N2O2. The summed E-state index contributed by atoms with van der Waals surface area (Å²) >= 11 is 0. The number of aryl methyl sites for hydroxylation is 1. The van der Waals surface area contributed by atoms with Crippen LogP contribution >= 0.6 is 0 Å². The summed E-state index contributed by atoms with van der Waals surface area (Å²) in [6.45, 7) is 2.00. The van der Waals surface area contributed by atoms with Crippen molar-refractivity contribution in [2.45, 2.75) is 19.7 Å². The first-order valence-corrected chi connectivity index (χ1v) is 6.88. The number of hydrogen-bond acceptors (Lipinski definition) is 2. The molecule has 0 atom stereocenters. The summed E-state index contributed by atoms with van der Waals surface area (Å²) in [5, 5.41) is 5.19. The third-order valence-electron chi connectivity index (χ3n) is 2.94. The van der Waals surface area contributed by atoms with Gasteiger partial charge in [-0.2, -0.15) is 0 Å². The summed E-state index contributed by atoms with van der Waals surface area (Å²) in [6, 6.07) is 11.8. The Bertz CT molecular complexity index is 670. The van der Waals surface area contributed by atoms with Crippen molar-refractivity contribution in [1.29, 1.82) is 0 Å². The Hall–Kier alpha value is -2.70. The number of halogens is 3. The predicted octanol–water partition coefficient (Wildman–Crippen LogP) is 4.79. The number of carbonyl (C=O) groups excluding carboxylic acids is 1. The van der Waals surface area contributed by atoms with Gasteiger partial charge in [-0.05, 0) is 48.4 Å². The normalized spacial score (nSPS) is 11.0. The van der Waals surface area contributed by atoms with Gasteiger partial charge in [0.25, 0.3) is 0 Å². The Morgan fingerprint density at radius 3 is 2.30 bits per heavy atom. The summed E-state index contributed by atoms with van der Waals surface area (Å²) in [7, 11) is 0. The SMILES string of the molecule is CCc1cccc(NC(=O)Nc2ccc(OC(F)(F)F)cc2)c1. The van der Waals surface area contributed by atoms with Gasteiger partial charge in [0, 0.05) is 11.4 Å². The Morgan fingerprint density at radius 1 is 1.04 bits per heavy atom. The molecule has 0 saturated carbocycles. The molecule has 2 N–H and O–H groups in total. The van der Waals surface area contributed by atoms with Gasteiger partial charge in [0.15, 0.2) is 0 Å². The Labute approximate surface area is 131 Å².